The zero-order chi connectivity index (χ0) is 27.7. The lowest BCUT2D eigenvalue weighted by Gasteiger charge is -2.21. The Morgan fingerprint density at radius 2 is 1.66 bits per heavy atom. The summed E-state index contributed by atoms with van der Waals surface area (Å²) in [4.78, 5) is 39.7. The number of aryl methyl sites for hydroxylation is 2. The molecule has 0 saturated heterocycles. The number of allylic oxidation sites excluding steroid dienone is 2. The van der Waals surface area contributed by atoms with Crippen LogP contribution in [-0.2, 0) is 26.1 Å². The first-order valence-electron chi connectivity index (χ1n) is 13.0. The van der Waals surface area contributed by atoms with Gasteiger partial charge in [-0.15, -0.1) is 13.2 Å². The Bertz CT molecular complexity index is 1480. The van der Waals surface area contributed by atoms with Gasteiger partial charge < -0.3 is 15.3 Å². The van der Waals surface area contributed by atoms with Gasteiger partial charge in [0.15, 0.2) is 5.43 Å². The number of hydrogen-bond donors (Lipinski definition) is 2. The van der Waals surface area contributed by atoms with Crippen LogP contribution in [0.15, 0.2) is 82.3 Å². The zero-order valence-electron chi connectivity index (χ0n) is 22.1. The second-order valence-electron chi connectivity index (χ2n) is 9.24. The van der Waals surface area contributed by atoms with E-state index in [-0.39, 0.29) is 23.9 Å². The molecule has 2 aromatic heterocycles. The number of fused-ring (bicyclic) bond motifs is 1. The van der Waals surface area contributed by atoms with Crippen molar-refractivity contribution in [1.29, 1.82) is 0 Å². The van der Waals surface area contributed by atoms with Gasteiger partial charge >= 0.3 is 5.69 Å². The lowest BCUT2D eigenvalue weighted by molar-refractivity contribution is 0.375. The maximum Gasteiger partial charge on any atom is 0.333 e. The van der Waals surface area contributed by atoms with E-state index in [1.807, 2.05) is 34.9 Å². The van der Waals surface area contributed by atoms with Crippen molar-refractivity contribution < 1.29 is 0 Å². The summed E-state index contributed by atoms with van der Waals surface area (Å²) in [5, 5.41) is 1.57. The summed E-state index contributed by atoms with van der Waals surface area (Å²) in [6.07, 6.45) is 8.70. The van der Waals surface area contributed by atoms with Gasteiger partial charge in [-0.1, -0.05) is 55.8 Å². The third-order valence-corrected chi connectivity index (χ3v) is 6.42. The van der Waals surface area contributed by atoms with Crippen LogP contribution < -0.4 is 28.3 Å². The molecule has 0 radical (unpaired) electrons. The molecule has 3 rings (SSSR count). The SMILES string of the molecule is C=CCn1c(=O)c2c(=O)cc(CCCC)n(CCCCN(N)/C=C(\N)c3ccccc3)c2n(CC=C)c1=O. The van der Waals surface area contributed by atoms with Crippen LogP contribution in [0.5, 0.6) is 0 Å². The van der Waals surface area contributed by atoms with Crippen molar-refractivity contribution in [2.45, 2.75) is 58.7 Å². The van der Waals surface area contributed by atoms with Crippen molar-refractivity contribution >= 4 is 16.7 Å². The first kappa shape index (κ1) is 28.5. The van der Waals surface area contributed by atoms with E-state index in [4.69, 9.17) is 11.6 Å². The van der Waals surface area contributed by atoms with Gasteiger partial charge in [0.1, 0.15) is 11.0 Å². The highest BCUT2D eigenvalue weighted by Crippen LogP contribution is 2.15. The summed E-state index contributed by atoms with van der Waals surface area (Å²) in [7, 11) is 0. The van der Waals surface area contributed by atoms with Gasteiger partial charge in [-0.2, -0.15) is 0 Å². The summed E-state index contributed by atoms with van der Waals surface area (Å²) in [5.74, 6) is 6.17. The van der Waals surface area contributed by atoms with E-state index in [0.29, 0.717) is 37.3 Å². The molecule has 38 heavy (non-hydrogen) atoms. The molecule has 0 aliphatic carbocycles. The minimum Gasteiger partial charge on any atom is -0.397 e. The molecular formula is C29H38N6O3. The van der Waals surface area contributed by atoms with Crippen LogP contribution in [0, 0.1) is 0 Å². The summed E-state index contributed by atoms with van der Waals surface area (Å²) in [6, 6.07) is 11.1. The van der Waals surface area contributed by atoms with Crippen LogP contribution in [0.1, 0.15) is 43.9 Å². The normalized spacial score (nSPS) is 11.6. The van der Waals surface area contributed by atoms with E-state index < -0.39 is 11.2 Å². The smallest absolute Gasteiger partial charge is 0.333 e. The third-order valence-electron chi connectivity index (χ3n) is 6.42. The van der Waals surface area contributed by atoms with Gasteiger partial charge in [0.05, 0.1) is 5.70 Å². The highest BCUT2D eigenvalue weighted by Gasteiger charge is 2.19. The second kappa shape index (κ2) is 13.4. The molecule has 0 atom stereocenters. The van der Waals surface area contributed by atoms with Gasteiger partial charge in [-0.3, -0.25) is 18.7 Å². The quantitative estimate of drug-likeness (QED) is 0.146. The van der Waals surface area contributed by atoms with Gasteiger partial charge in [0.2, 0.25) is 0 Å². The number of hydrogen-bond acceptors (Lipinski definition) is 6. The Balaban J connectivity index is 1.97. The number of pyridine rings is 1. The molecule has 9 heteroatoms. The zero-order valence-corrected chi connectivity index (χ0v) is 22.1. The standard InChI is InChI=1S/C29H38N6O3/c1-4-7-15-23-20-25(36)26-27(34(16-5-2)29(38)35(17-6-3)28(26)37)33(23)19-12-11-18-32(31)21-24(30)22-13-9-8-10-14-22/h5-6,8-10,13-14,20-21H,2-4,7,11-12,15-19,30-31H2,1H3/b24-21-. The maximum atomic E-state index is 13.3. The molecule has 202 valence electrons. The van der Waals surface area contributed by atoms with E-state index in [0.717, 1.165) is 35.1 Å². The number of nitrogens with zero attached hydrogens (tertiary/aromatic N) is 4. The van der Waals surface area contributed by atoms with Crippen LogP contribution in [0.4, 0.5) is 0 Å². The predicted molar refractivity (Wildman–Crippen MR) is 154 cm³/mol. The van der Waals surface area contributed by atoms with Crippen LogP contribution >= 0.6 is 0 Å². The maximum absolute atomic E-state index is 13.3. The predicted octanol–water partition coefficient (Wildman–Crippen LogP) is 2.95. The van der Waals surface area contributed by atoms with Crippen LogP contribution in [0.25, 0.3) is 16.7 Å². The number of aromatic nitrogens is 3. The number of hydrazine groups is 1. The van der Waals surface area contributed by atoms with Crippen molar-refractivity contribution in [3.05, 3.63) is 110 Å². The topological polar surface area (TPSA) is 121 Å². The van der Waals surface area contributed by atoms with Crippen molar-refractivity contribution in [2.24, 2.45) is 11.6 Å². The van der Waals surface area contributed by atoms with Gasteiger partial charge in [0, 0.05) is 44.1 Å². The summed E-state index contributed by atoms with van der Waals surface area (Å²) >= 11 is 0. The lowest BCUT2D eigenvalue weighted by Crippen LogP contribution is -2.43. The Hall–Kier alpha value is -4.11. The van der Waals surface area contributed by atoms with Crippen LogP contribution in [0.2, 0.25) is 0 Å². The first-order chi connectivity index (χ1) is 18.3. The van der Waals surface area contributed by atoms with E-state index in [1.165, 1.54) is 10.6 Å². The lowest BCUT2D eigenvalue weighted by atomic mass is 10.1. The van der Waals surface area contributed by atoms with Crippen LogP contribution in [-0.4, -0.2) is 25.3 Å². The minimum atomic E-state index is -0.597. The van der Waals surface area contributed by atoms with Crippen molar-refractivity contribution in [3.8, 4) is 0 Å². The molecule has 0 spiro atoms. The minimum absolute atomic E-state index is 0.00701. The average molecular weight is 519 g/mol. The van der Waals surface area contributed by atoms with Crippen molar-refractivity contribution in [3.63, 3.8) is 0 Å². The third kappa shape index (κ3) is 6.41. The molecular weight excluding hydrogens is 480 g/mol. The summed E-state index contributed by atoms with van der Waals surface area (Å²) in [6.45, 7) is 10.8. The number of rotatable bonds is 14. The highest BCUT2D eigenvalue weighted by molar-refractivity contribution is 5.75. The molecule has 9 nitrogen and oxygen atoms in total. The van der Waals surface area contributed by atoms with E-state index in [1.54, 1.807) is 23.4 Å². The van der Waals surface area contributed by atoms with Crippen molar-refractivity contribution in [1.82, 2.24) is 18.7 Å². The molecule has 0 aliphatic rings. The highest BCUT2D eigenvalue weighted by atomic mass is 16.2. The van der Waals surface area contributed by atoms with Gasteiger partial charge in [-0.05, 0) is 31.2 Å². The number of benzene rings is 1. The Morgan fingerprint density at radius 1 is 0.974 bits per heavy atom. The van der Waals surface area contributed by atoms with Crippen molar-refractivity contribution in [2.75, 3.05) is 6.54 Å². The molecule has 0 unspecified atom stereocenters. The molecule has 0 fully saturated rings. The molecule has 0 aliphatic heterocycles. The average Bonchev–Trinajstić information content (AvgIpc) is 2.91. The summed E-state index contributed by atoms with van der Waals surface area (Å²) < 4.78 is 4.46. The largest absolute Gasteiger partial charge is 0.397 e. The van der Waals surface area contributed by atoms with Gasteiger partial charge in [-0.25, -0.2) is 10.6 Å². The fourth-order valence-corrected chi connectivity index (χ4v) is 4.53. The van der Waals surface area contributed by atoms with E-state index in [9.17, 15) is 14.4 Å². The van der Waals surface area contributed by atoms with Crippen LogP contribution in [0.3, 0.4) is 0 Å². The fraction of sp³-hybridized carbons (Fsp3) is 0.345. The second-order valence-corrected chi connectivity index (χ2v) is 9.24. The Kier molecular flexibility index (Phi) is 10.1. The first-order valence-corrected chi connectivity index (χ1v) is 13.0. The molecule has 4 N–H and O–H groups in total. The number of unbranched alkanes of at least 4 members (excludes halogenated alkanes) is 2. The Labute approximate surface area is 222 Å². The molecule has 0 bridgehead atoms. The van der Waals surface area contributed by atoms with E-state index >= 15 is 0 Å². The molecule has 2 heterocycles. The molecule has 0 amide bonds. The monoisotopic (exact) mass is 518 g/mol. The number of nitrogens with two attached hydrogens (primary N) is 2. The van der Waals surface area contributed by atoms with Gasteiger partial charge in [0.25, 0.3) is 5.56 Å². The van der Waals surface area contributed by atoms with E-state index in [2.05, 4.69) is 20.1 Å². The molecule has 1 aromatic carbocycles. The fourth-order valence-electron chi connectivity index (χ4n) is 4.53. The molecule has 3 aromatic rings. The summed E-state index contributed by atoms with van der Waals surface area (Å²) in [5.41, 5.74) is 7.33. The molecule has 0 saturated carbocycles. The Morgan fingerprint density at radius 3 is 2.32 bits per heavy atom.